The molecule has 1 aliphatic heterocycles. The van der Waals surface area contributed by atoms with E-state index in [4.69, 9.17) is 20.2 Å². The molecule has 0 radical (unpaired) electrons. The zero-order valence-corrected chi connectivity index (χ0v) is 23.0. The topological polar surface area (TPSA) is 146 Å². The molecule has 1 aromatic rings. The van der Waals surface area contributed by atoms with Gasteiger partial charge in [-0.25, -0.2) is 24.6 Å². The first-order chi connectivity index (χ1) is 17.6. The molecule has 0 bridgehead atoms. The molecular weight excluding hydrogens is 498 g/mol. The molecule has 208 valence electrons. The Kier molecular flexibility index (Phi) is 12.2. The third-order valence-electron chi connectivity index (χ3n) is 6.52. The van der Waals surface area contributed by atoms with Gasteiger partial charge in [-0.3, -0.25) is 15.0 Å². The minimum atomic E-state index is -4.19. The molecule has 37 heavy (non-hydrogen) atoms. The second-order valence-corrected chi connectivity index (χ2v) is 12.1. The van der Waals surface area contributed by atoms with Crippen molar-refractivity contribution in [3.63, 3.8) is 0 Å². The van der Waals surface area contributed by atoms with Gasteiger partial charge in [0.1, 0.15) is 0 Å². The third-order valence-corrected chi connectivity index (χ3v) is 8.45. The molecule has 0 spiro atoms. The molecule has 2 amide bonds. The maximum Gasteiger partial charge on any atom is 0.256 e. The first-order valence-corrected chi connectivity index (χ1v) is 14.5. The Morgan fingerprint density at radius 1 is 1.24 bits per heavy atom. The summed E-state index contributed by atoms with van der Waals surface area (Å²) in [5.74, 6) is 1.48. The number of carbonyl (C=O) groups excluding carboxylic acids is 2. The minimum absolute atomic E-state index is 0.129. The molecule has 4 atom stereocenters. The molecular formula is C26H41N3O7S. The van der Waals surface area contributed by atoms with Crippen molar-refractivity contribution in [1.29, 1.82) is 0 Å². The van der Waals surface area contributed by atoms with Crippen LogP contribution in [0.3, 0.4) is 0 Å². The number of allylic oxidation sites excluding steroid dienone is 1. The van der Waals surface area contributed by atoms with E-state index < -0.39 is 44.5 Å². The number of sulfone groups is 1. The minimum Gasteiger partial charge on any atom is -0.385 e. The van der Waals surface area contributed by atoms with E-state index in [1.165, 1.54) is 7.11 Å². The average molecular weight is 540 g/mol. The lowest BCUT2D eigenvalue weighted by Gasteiger charge is -2.40. The second-order valence-electron chi connectivity index (χ2n) is 9.81. The van der Waals surface area contributed by atoms with Crippen LogP contribution in [-0.4, -0.2) is 57.8 Å². The fourth-order valence-corrected chi connectivity index (χ4v) is 6.59. The summed E-state index contributed by atoms with van der Waals surface area (Å²) in [6.07, 6.45) is 6.34. The maximum absolute atomic E-state index is 13.8. The van der Waals surface area contributed by atoms with E-state index in [0.29, 0.717) is 13.0 Å². The first-order valence-electron chi connectivity index (χ1n) is 12.6. The molecule has 4 N–H and O–H groups in total. The van der Waals surface area contributed by atoms with E-state index >= 15 is 0 Å². The van der Waals surface area contributed by atoms with Gasteiger partial charge in [-0.2, -0.15) is 0 Å². The summed E-state index contributed by atoms with van der Waals surface area (Å²) in [6, 6.07) is 9.38. The Bertz CT molecular complexity index is 995. The highest BCUT2D eigenvalue weighted by atomic mass is 32.2. The number of hydrogen-bond donors (Lipinski definition) is 3. The molecule has 10 nitrogen and oxygen atoms in total. The van der Waals surface area contributed by atoms with Gasteiger partial charge < -0.3 is 9.47 Å². The summed E-state index contributed by atoms with van der Waals surface area (Å²) >= 11 is 0. The Labute approximate surface area is 220 Å². The predicted octanol–water partition coefficient (Wildman–Crippen LogP) is 2.36. The quantitative estimate of drug-likeness (QED) is 0.186. The van der Waals surface area contributed by atoms with Crippen LogP contribution in [0.4, 0.5) is 0 Å². The highest BCUT2D eigenvalue weighted by Gasteiger charge is 2.59. The van der Waals surface area contributed by atoms with Crippen molar-refractivity contribution < 1.29 is 32.3 Å². The van der Waals surface area contributed by atoms with Gasteiger partial charge >= 0.3 is 0 Å². The maximum atomic E-state index is 13.8. The van der Waals surface area contributed by atoms with Crippen molar-refractivity contribution in [2.24, 2.45) is 23.6 Å². The fourth-order valence-electron chi connectivity index (χ4n) is 4.81. The molecule has 0 saturated carbocycles. The zero-order chi connectivity index (χ0) is 27.5. The van der Waals surface area contributed by atoms with Crippen LogP contribution in [0.1, 0.15) is 51.5 Å². The van der Waals surface area contributed by atoms with Crippen LogP contribution in [0.5, 0.6) is 0 Å². The monoisotopic (exact) mass is 539 g/mol. The van der Waals surface area contributed by atoms with Crippen LogP contribution in [0.15, 0.2) is 36.4 Å². The van der Waals surface area contributed by atoms with Crippen molar-refractivity contribution in [2.75, 3.05) is 26.6 Å². The molecule has 0 aliphatic carbocycles. The van der Waals surface area contributed by atoms with Crippen LogP contribution in [0.2, 0.25) is 0 Å². The number of hydroxylamine groups is 1. The van der Waals surface area contributed by atoms with Crippen LogP contribution in [0, 0.1) is 17.8 Å². The van der Waals surface area contributed by atoms with E-state index in [9.17, 15) is 18.0 Å². The Morgan fingerprint density at radius 3 is 2.49 bits per heavy atom. The van der Waals surface area contributed by atoms with E-state index in [0.717, 1.165) is 24.7 Å². The number of amides is 2. The largest absolute Gasteiger partial charge is 0.385 e. The van der Waals surface area contributed by atoms with Gasteiger partial charge in [0.25, 0.3) is 5.91 Å². The van der Waals surface area contributed by atoms with Crippen molar-refractivity contribution in [3.8, 4) is 0 Å². The van der Waals surface area contributed by atoms with Crippen LogP contribution < -0.4 is 16.7 Å². The molecule has 2 rings (SSSR count). The number of hydrogen-bond acceptors (Lipinski definition) is 8. The summed E-state index contributed by atoms with van der Waals surface area (Å²) in [6.45, 7) is 4.30. The van der Waals surface area contributed by atoms with E-state index in [1.54, 1.807) is 26.0 Å². The molecule has 1 heterocycles. The molecule has 1 saturated heterocycles. The van der Waals surface area contributed by atoms with Gasteiger partial charge in [0.2, 0.25) is 5.91 Å². The van der Waals surface area contributed by atoms with Crippen LogP contribution in [-0.2, 0) is 33.7 Å². The standard InChI is InChI=1S/C26H41N3O7S/c1-19(2)18-26(25(31)28-27,37(4,32)33)23(24(30)29-36-22-12-8-9-16-35-22)21(15-17-34-3)14-13-20-10-6-5-7-11-20/h5-7,10-11,13-14,19,21-23H,8-9,12,15-18,27H2,1-4H3,(H,28,31)(H,29,30)/b14-13+/t21?,22?,23-,26+/m0/s1. The van der Waals surface area contributed by atoms with Crippen LogP contribution in [0.25, 0.3) is 6.08 Å². The number of methoxy groups -OCH3 is 1. The van der Waals surface area contributed by atoms with Gasteiger partial charge in [-0.05, 0) is 43.1 Å². The number of rotatable bonds is 14. The predicted molar refractivity (Wildman–Crippen MR) is 141 cm³/mol. The normalized spacial score (nSPS) is 19.8. The van der Waals surface area contributed by atoms with Gasteiger partial charge in [0.05, 0.1) is 5.92 Å². The molecule has 1 fully saturated rings. The van der Waals surface area contributed by atoms with E-state index in [2.05, 4.69) is 5.48 Å². The van der Waals surface area contributed by atoms with Crippen molar-refractivity contribution >= 4 is 27.7 Å². The number of hydrazine groups is 1. The molecule has 11 heteroatoms. The number of ether oxygens (including phenoxy) is 2. The van der Waals surface area contributed by atoms with Gasteiger partial charge in [0, 0.05) is 33.0 Å². The number of nitrogens with two attached hydrogens (primary N) is 1. The van der Waals surface area contributed by atoms with Crippen LogP contribution >= 0.6 is 0 Å². The Hall–Kier alpha value is -2.31. The summed E-state index contributed by atoms with van der Waals surface area (Å²) in [4.78, 5) is 32.8. The highest BCUT2D eigenvalue weighted by Crippen LogP contribution is 2.40. The van der Waals surface area contributed by atoms with Gasteiger partial charge in [0.15, 0.2) is 20.9 Å². The average Bonchev–Trinajstić information content (AvgIpc) is 2.87. The van der Waals surface area contributed by atoms with Gasteiger partial charge in [-0.1, -0.05) is 56.3 Å². The van der Waals surface area contributed by atoms with Gasteiger partial charge in [-0.15, -0.1) is 0 Å². The molecule has 0 aromatic heterocycles. The lowest BCUT2D eigenvalue weighted by atomic mass is 9.74. The van der Waals surface area contributed by atoms with E-state index in [1.807, 2.05) is 35.8 Å². The molecule has 1 aromatic carbocycles. The number of nitrogens with one attached hydrogen (secondary N) is 2. The summed E-state index contributed by atoms with van der Waals surface area (Å²) in [5.41, 5.74) is 5.29. The number of carbonyl (C=O) groups is 2. The smallest absolute Gasteiger partial charge is 0.256 e. The Balaban J connectivity index is 2.63. The molecule has 2 unspecified atom stereocenters. The molecule has 1 aliphatic rings. The summed E-state index contributed by atoms with van der Waals surface area (Å²) < 4.78 is 35.6. The number of benzene rings is 1. The fraction of sp³-hybridized carbons (Fsp3) is 0.615. The zero-order valence-electron chi connectivity index (χ0n) is 22.1. The Morgan fingerprint density at radius 2 is 1.95 bits per heavy atom. The third kappa shape index (κ3) is 8.34. The van der Waals surface area contributed by atoms with Crippen molar-refractivity contribution in [3.05, 3.63) is 42.0 Å². The SMILES string of the molecule is COCCC(/C=C/c1ccccc1)[C@@H](C(=O)NOC1CCCCO1)[C@](CC(C)C)(C(=O)NN)S(C)(=O)=O. The summed E-state index contributed by atoms with van der Waals surface area (Å²) in [5, 5.41) is 0. The van der Waals surface area contributed by atoms with E-state index in [-0.39, 0.29) is 25.4 Å². The first kappa shape index (κ1) is 30.9. The second kappa shape index (κ2) is 14.6. The highest BCUT2D eigenvalue weighted by molar-refractivity contribution is 7.93. The lowest BCUT2D eigenvalue weighted by molar-refractivity contribution is -0.203. The summed E-state index contributed by atoms with van der Waals surface area (Å²) in [7, 11) is -2.67. The lowest BCUT2D eigenvalue weighted by Crippen LogP contribution is -2.64. The van der Waals surface area contributed by atoms with Crippen molar-refractivity contribution in [2.45, 2.75) is 57.0 Å². The van der Waals surface area contributed by atoms with Crippen molar-refractivity contribution in [1.82, 2.24) is 10.9 Å².